The van der Waals surface area contributed by atoms with Crippen LogP contribution >= 0.6 is 0 Å². The van der Waals surface area contributed by atoms with Crippen molar-refractivity contribution in [1.29, 1.82) is 0 Å². The van der Waals surface area contributed by atoms with Crippen LogP contribution in [0.4, 0.5) is 8.78 Å². The molecule has 2 fully saturated rings. The minimum atomic E-state index is -2.35. The number of methoxy groups -OCH3 is 1. The van der Waals surface area contributed by atoms with Gasteiger partial charge in [0.05, 0.1) is 12.9 Å². The maximum absolute atomic E-state index is 13.5. The zero-order valence-corrected chi connectivity index (χ0v) is 17.7. The number of ether oxygens (including phenoxy) is 1. The van der Waals surface area contributed by atoms with Crippen LogP contribution in [0, 0.1) is 29.1 Å². The number of allylic oxidation sites excluding steroid dienone is 9. The SMILES string of the molecule is C=C/C(=C\C=C(/C)OC)C1CC2CC1CN(CO)C1=CC=CC(C)(CC(F)F)C12. The number of alkyl halides is 2. The molecule has 5 unspecified atom stereocenters. The van der Waals surface area contributed by atoms with E-state index in [-0.39, 0.29) is 19.1 Å². The van der Waals surface area contributed by atoms with Crippen molar-refractivity contribution in [3.8, 4) is 0 Å². The summed E-state index contributed by atoms with van der Waals surface area (Å²) in [5.41, 5.74) is 1.56. The second-order valence-corrected chi connectivity index (χ2v) is 8.84. The van der Waals surface area contributed by atoms with Gasteiger partial charge in [-0.2, -0.15) is 0 Å². The number of hydrogen-bond acceptors (Lipinski definition) is 3. The standard InChI is InChI=1S/C24H33F2NO2/c1-5-17(9-8-16(2)29-4)20-12-18-11-19(20)14-27(15-28)21-7-6-10-24(3,23(18)21)13-22(25)26/h5-10,18-20,22-23,28H,1,11-15H2,2-4H3/b16-8+,17-9+. The van der Waals surface area contributed by atoms with Crippen LogP contribution in [0.25, 0.3) is 0 Å². The highest BCUT2D eigenvalue weighted by Gasteiger charge is 2.51. The van der Waals surface area contributed by atoms with E-state index in [0.29, 0.717) is 17.8 Å². The molecule has 2 bridgehead atoms. The van der Waals surface area contributed by atoms with Crippen LogP contribution in [-0.4, -0.2) is 36.8 Å². The van der Waals surface area contributed by atoms with E-state index in [1.807, 2.05) is 49.1 Å². The number of halogens is 2. The Kier molecular flexibility index (Phi) is 6.67. The van der Waals surface area contributed by atoms with Gasteiger partial charge in [0.25, 0.3) is 0 Å². The van der Waals surface area contributed by atoms with Crippen LogP contribution in [0.1, 0.15) is 33.1 Å². The number of aliphatic hydroxyl groups is 1. The third kappa shape index (κ3) is 4.35. The summed E-state index contributed by atoms with van der Waals surface area (Å²) in [7, 11) is 1.65. The van der Waals surface area contributed by atoms with E-state index in [4.69, 9.17) is 4.74 Å². The maximum Gasteiger partial charge on any atom is 0.239 e. The van der Waals surface area contributed by atoms with Gasteiger partial charge in [0.2, 0.25) is 6.43 Å². The molecule has 5 atom stereocenters. The molecule has 1 heterocycles. The summed E-state index contributed by atoms with van der Waals surface area (Å²) in [5, 5.41) is 10.1. The summed E-state index contributed by atoms with van der Waals surface area (Å²) in [6.07, 6.45) is 11.2. The Labute approximate surface area is 173 Å². The molecule has 0 aromatic heterocycles. The van der Waals surface area contributed by atoms with Gasteiger partial charge in [-0.1, -0.05) is 37.8 Å². The average Bonchev–Trinajstić information content (AvgIpc) is 2.99. The Morgan fingerprint density at radius 2 is 2.14 bits per heavy atom. The van der Waals surface area contributed by atoms with E-state index in [0.717, 1.165) is 36.4 Å². The van der Waals surface area contributed by atoms with Crippen LogP contribution in [0.5, 0.6) is 0 Å². The summed E-state index contributed by atoms with van der Waals surface area (Å²) in [6, 6.07) is 0. The van der Waals surface area contributed by atoms with Crippen molar-refractivity contribution in [1.82, 2.24) is 4.90 Å². The van der Waals surface area contributed by atoms with Crippen LogP contribution in [0.2, 0.25) is 0 Å². The fraction of sp³-hybridized carbons (Fsp3) is 0.583. The number of hydrogen-bond donors (Lipinski definition) is 1. The number of likely N-dealkylation sites (tertiary alicyclic amines) is 1. The van der Waals surface area contributed by atoms with E-state index < -0.39 is 11.8 Å². The molecule has 0 spiro atoms. The molecule has 3 aliphatic rings. The van der Waals surface area contributed by atoms with E-state index in [1.54, 1.807) is 7.11 Å². The topological polar surface area (TPSA) is 32.7 Å². The van der Waals surface area contributed by atoms with Crippen LogP contribution in [0.3, 0.4) is 0 Å². The largest absolute Gasteiger partial charge is 0.501 e. The summed E-state index contributed by atoms with van der Waals surface area (Å²) in [5.74, 6) is 1.78. The number of nitrogens with zero attached hydrogens (tertiary/aromatic N) is 1. The van der Waals surface area contributed by atoms with Crippen LogP contribution in [0.15, 0.2) is 60.1 Å². The molecular weight excluding hydrogens is 372 g/mol. The monoisotopic (exact) mass is 405 g/mol. The first kappa shape index (κ1) is 21.8. The van der Waals surface area contributed by atoms with Gasteiger partial charge < -0.3 is 14.7 Å². The quantitative estimate of drug-likeness (QED) is 0.462. The van der Waals surface area contributed by atoms with Crippen molar-refractivity contribution in [3.05, 3.63) is 60.1 Å². The van der Waals surface area contributed by atoms with Gasteiger partial charge in [-0.3, -0.25) is 0 Å². The first-order chi connectivity index (χ1) is 13.8. The highest BCUT2D eigenvalue weighted by atomic mass is 19.3. The minimum Gasteiger partial charge on any atom is -0.501 e. The Bertz CT molecular complexity index is 739. The third-order valence-electron chi connectivity index (χ3n) is 7.06. The summed E-state index contributed by atoms with van der Waals surface area (Å²) in [6.45, 7) is 8.51. The Morgan fingerprint density at radius 1 is 1.38 bits per heavy atom. The molecule has 1 aliphatic heterocycles. The lowest BCUT2D eigenvalue weighted by atomic mass is 9.64. The van der Waals surface area contributed by atoms with Crippen LogP contribution < -0.4 is 0 Å². The smallest absolute Gasteiger partial charge is 0.239 e. The van der Waals surface area contributed by atoms with E-state index in [2.05, 4.69) is 12.7 Å². The van der Waals surface area contributed by atoms with Gasteiger partial charge in [-0.15, -0.1) is 0 Å². The lowest BCUT2D eigenvalue weighted by Gasteiger charge is -2.45. The minimum absolute atomic E-state index is 0.00836. The molecule has 0 aromatic carbocycles. The predicted octanol–water partition coefficient (Wildman–Crippen LogP) is 5.29. The van der Waals surface area contributed by atoms with E-state index in [9.17, 15) is 13.9 Å². The van der Waals surface area contributed by atoms with Gasteiger partial charge in [-0.05, 0) is 60.7 Å². The molecule has 3 nitrogen and oxygen atoms in total. The normalized spacial score (nSPS) is 34.7. The zero-order chi connectivity index (χ0) is 21.2. The van der Waals surface area contributed by atoms with Gasteiger partial charge in [0.15, 0.2) is 0 Å². The van der Waals surface area contributed by atoms with Crippen molar-refractivity contribution in [3.63, 3.8) is 0 Å². The Hall–Kier alpha value is -1.88. The molecule has 1 N–H and O–H groups in total. The molecule has 5 heteroatoms. The first-order valence-electron chi connectivity index (χ1n) is 10.4. The lowest BCUT2D eigenvalue weighted by molar-refractivity contribution is 0.0436. The molecule has 1 saturated heterocycles. The van der Waals surface area contributed by atoms with Crippen molar-refractivity contribution in [2.24, 2.45) is 29.1 Å². The van der Waals surface area contributed by atoms with Gasteiger partial charge in [0, 0.05) is 24.6 Å². The summed E-state index contributed by atoms with van der Waals surface area (Å²) < 4.78 is 32.2. The predicted molar refractivity (Wildman–Crippen MR) is 112 cm³/mol. The molecular formula is C24H33F2NO2. The van der Waals surface area contributed by atoms with E-state index in [1.165, 1.54) is 0 Å². The molecule has 2 aliphatic carbocycles. The van der Waals surface area contributed by atoms with Gasteiger partial charge in [-0.25, -0.2) is 8.78 Å². The molecule has 3 rings (SSSR count). The van der Waals surface area contributed by atoms with Crippen molar-refractivity contribution in [2.75, 3.05) is 20.4 Å². The van der Waals surface area contributed by atoms with Gasteiger partial charge in [0.1, 0.15) is 6.73 Å². The van der Waals surface area contributed by atoms with Gasteiger partial charge >= 0.3 is 0 Å². The summed E-state index contributed by atoms with van der Waals surface area (Å²) in [4.78, 5) is 1.99. The van der Waals surface area contributed by atoms with Crippen molar-refractivity contribution >= 4 is 0 Å². The fourth-order valence-electron chi connectivity index (χ4n) is 5.72. The molecule has 29 heavy (non-hydrogen) atoms. The van der Waals surface area contributed by atoms with Crippen molar-refractivity contribution < 1.29 is 18.6 Å². The van der Waals surface area contributed by atoms with E-state index >= 15 is 0 Å². The Balaban J connectivity index is 1.96. The molecule has 0 radical (unpaired) electrons. The zero-order valence-electron chi connectivity index (χ0n) is 17.7. The lowest BCUT2D eigenvalue weighted by Crippen LogP contribution is -2.42. The highest BCUT2D eigenvalue weighted by molar-refractivity contribution is 5.32. The average molecular weight is 406 g/mol. The summed E-state index contributed by atoms with van der Waals surface area (Å²) >= 11 is 0. The molecule has 0 amide bonds. The third-order valence-corrected chi connectivity index (χ3v) is 7.06. The van der Waals surface area contributed by atoms with Crippen LogP contribution in [-0.2, 0) is 4.74 Å². The first-order valence-corrected chi connectivity index (χ1v) is 10.4. The second-order valence-electron chi connectivity index (χ2n) is 8.84. The fourth-order valence-corrected chi connectivity index (χ4v) is 5.72. The van der Waals surface area contributed by atoms with Crippen molar-refractivity contribution in [2.45, 2.75) is 39.5 Å². The molecule has 1 saturated carbocycles. The number of rotatable bonds is 7. The molecule has 160 valence electrons. The number of fused-ring (bicyclic) bond motifs is 4. The Morgan fingerprint density at radius 3 is 2.76 bits per heavy atom. The highest BCUT2D eigenvalue weighted by Crippen LogP contribution is 2.56. The molecule has 0 aromatic rings. The maximum atomic E-state index is 13.5. The number of aliphatic hydroxyl groups excluding tert-OH is 1. The second kappa shape index (κ2) is 8.86.